The van der Waals surface area contributed by atoms with Gasteiger partial charge in [0, 0.05) is 33.7 Å². The van der Waals surface area contributed by atoms with Crippen LogP contribution in [-0.4, -0.2) is 31.7 Å². The number of rotatable bonds is 2. The van der Waals surface area contributed by atoms with Crippen molar-refractivity contribution >= 4 is 61.8 Å². The van der Waals surface area contributed by atoms with E-state index in [1.165, 1.54) is 0 Å². The summed E-state index contributed by atoms with van der Waals surface area (Å²) in [7, 11) is 0. The number of hydrogen-bond acceptors (Lipinski definition) is 3. The number of carboxylic acid groups (broad SMARTS) is 2. The minimum atomic E-state index is -1.82. The molecule has 2 N–H and O–H groups in total. The Bertz CT molecular complexity index is 690. The van der Waals surface area contributed by atoms with Gasteiger partial charge in [0.05, 0.1) is 11.3 Å². The number of halogens is 3. The smallest absolute Gasteiger partial charge is 0.414 e. The Labute approximate surface area is 143 Å². The normalized spacial score (nSPS) is 10.6. The van der Waals surface area contributed by atoms with Crippen LogP contribution in [0.3, 0.4) is 0 Å². The number of hydrogen-bond donors (Lipinski definition) is 2. The minimum absolute atomic E-state index is 0.607. The number of nitrogens with zero attached hydrogens (tertiary/aromatic N) is 2. The van der Waals surface area contributed by atoms with Crippen molar-refractivity contribution in [2.24, 2.45) is 0 Å². The Morgan fingerprint density at radius 1 is 1.23 bits per heavy atom. The van der Waals surface area contributed by atoms with E-state index in [2.05, 4.69) is 20.9 Å². The van der Waals surface area contributed by atoms with Gasteiger partial charge in [0.2, 0.25) is 0 Å². The van der Waals surface area contributed by atoms with Crippen LogP contribution in [0.15, 0.2) is 36.9 Å². The van der Waals surface area contributed by atoms with E-state index >= 15 is 0 Å². The third kappa shape index (κ3) is 5.88. The number of imidazole rings is 1. The van der Waals surface area contributed by atoms with Gasteiger partial charge in [-0.05, 0) is 28.1 Å². The molecule has 9 heteroatoms. The molecule has 0 unspecified atom stereocenters. The predicted molar refractivity (Wildman–Crippen MR) is 87.1 cm³/mol. The van der Waals surface area contributed by atoms with Gasteiger partial charge >= 0.3 is 11.9 Å². The lowest BCUT2D eigenvalue weighted by Crippen LogP contribution is -2.09. The molecule has 0 bridgehead atoms. The monoisotopic (exact) mass is 406 g/mol. The fraction of sp³-hybridized carbons (Fsp3) is 0. The van der Waals surface area contributed by atoms with Crippen molar-refractivity contribution in [1.82, 2.24) is 9.55 Å². The number of carboxylic acids is 2. The Hall–Kier alpha value is -1.83. The standard InChI is InChI=1S/C11H7BrCl2N2.C2H2O4/c12-10(6-16-4-3-15-7-16)9-2-1-8(13)5-11(9)14;3-1(4)2(5)6/h1-7H;(H,3,4)(H,5,6)/b10-6-;. The molecule has 2 rings (SSSR count). The predicted octanol–water partition coefficient (Wildman–Crippen LogP) is 3.70. The molecular weight excluding hydrogens is 399 g/mol. The topological polar surface area (TPSA) is 92.4 Å². The lowest BCUT2D eigenvalue weighted by atomic mass is 10.2. The SMILES string of the molecule is Clc1ccc(/C(Br)=C/n2ccnc2)c(Cl)c1.O=C(O)C(=O)O. The molecule has 1 aromatic carbocycles. The summed E-state index contributed by atoms with van der Waals surface area (Å²) in [5, 5.41) is 16.0. The van der Waals surface area contributed by atoms with Crippen molar-refractivity contribution in [3.8, 4) is 0 Å². The summed E-state index contributed by atoms with van der Waals surface area (Å²) in [5.74, 6) is -3.65. The maximum absolute atomic E-state index is 9.10. The van der Waals surface area contributed by atoms with Crippen LogP contribution >= 0.6 is 39.1 Å². The Kier molecular flexibility index (Phi) is 7.10. The fourth-order valence-corrected chi connectivity index (χ4v) is 2.44. The van der Waals surface area contributed by atoms with Gasteiger partial charge in [-0.1, -0.05) is 29.3 Å². The zero-order valence-electron chi connectivity index (χ0n) is 10.8. The molecule has 0 saturated carbocycles. The Morgan fingerprint density at radius 2 is 1.86 bits per heavy atom. The van der Waals surface area contributed by atoms with Crippen LogP contribution < -0.4 is 0 Å². The van der Waals surface area contributed by atoms with Gasteiger partial charge in [-0.3, -0.25) is 0 Å². The van der Waals surface area contributed by atoms with Crippen molar-refractivity contribution in [3.63, 3.8) is 0 Å². The third-order valence-electron chi connectivity index (χ3n) is 2.16. The largest absolute Gasteiger partial charge is 0.473 e. The summed E-state index contributed by atoms with van der Waals surface area (Å²) in [6.07, 6.45) is 7.12. The lowest BCUT2D eigenvalue weighted by Gasteiger charge is -2.03. The first-order valence-electron chi connectivity index (χ1n) is 5.57. The van der Waals surface area contributed by atoms with Gasteiger partial charge in [0.25, 0.3) is 0 Å². The van der Waals surface area contributed by atoms with Gasteiger partial charge in [0.15, 0.2) is 0 Å². The van der Waals surface area contributed by atoms with E-state index in [4.69, 9.17) is 43.0 Å². The molecule has 0 aliphatic carbocycles. The Balaban J connectivity index is 0.000000346. The number of aliphatic carboxylic acids is 2. The van der Waals surface area contributed by atoms with Crippen LogP contribution in [0.25, 0.3) is 10.7 Å². The zero-order chi connectivity index (χ0) is 16.7. The summed E-state index contributed by atoms with van der Waals surface area (Å²) in [6.45, 7) is 0. The average Bonchev–Trinajstić information content (AvgIpc) is 2.91. The van der Waals surface area contributed by atoms with Gasteiger partial charge in [-0.25, -0.2) is 14.6 Å². The van der Waals surface area contributed by atoms with Crippen LogP contribution in [0.1, 0.15) is 5.56 Å². The summed E-state index contributed by atoms with van der Waals surface area (Å²) in [6, 6.07) is 5.37. The van der Waals surface area contributed by atoms with Crippen LogP contribution in [0, 0.1) is 0 Å². The van der Waals surface area contributed by atoms with Crippen molar-refractivity contribution in [3.05, 3.63) is 52.5 Å². The molecular formula is C13H9BrCl2N2O4. The van der Waals surface area contributed by atoms with E-state index < -0.39 is 11.9 Å². The van der Waals surface area contributed by atoms with E-state index in [1.54, 1.807) is 24.7 Å². The third-order valence-corrected chi connectivity index (χ3v) is 3.34. The van der Waals surface area contributed by atoms with Crippen molar-refractivity contribution in [2.75, 3.05) is 0 Å². The summed E-state index contributed by atoms with van der Waals surface area (Å²) >= 11 is 15.4. The van der Waals surface area contributed by atoms with Gasteiger partial charge in [-0.15, -0.1) is 0 Å². The van der Waals surface area contributed by atoms with Crippen LogP contribution in [-0.2, 0) is 9.59 Å². The van der Waals surface area contributed by atoms with E-state index in [-0.39, 0.29) is 0 Å². The minimum Gasteiger partial charge on any atom is -0.473 e. The summed E-state index contributed by atoms with van der Waals surface area (Å²) < 4.78 is 2.70. The van der Waals surface area contributed by atoms with Crippen LogP contribution in [0.4, 0.5) is 0 Å². The zero-order valence-corrected chi connectivity index (χ0v) is 13.9. The first-order valence-corrected chi connectivity index (χ1v) is 7.12. The molecule has 22 heavy (non-hydrogen) atoms. The molecule has 116 valence electrons. The second-order valence-electron chi connectivity index (χ2n) is 3.72. The molecule has 2 aromatic rings. The van der Waals surface area contributed by atoms with E-state index in [9.17, 15) is 0 Å². The number of benzene rings is 1. The van der Waals surface area contributed by atoms with Crippen molar-refractivity contribution < 1.29 is 19.8 Å². The first-order chi connectivity index (χ1) is 10.3. The highest BCUT2D eigenvalue weighted by Gasteiger charge is 2.05. The fourth-order valence-electron chi connectivity index (χ4n) is 1.23. The number of carbonyl (C=O) groups is 2. The van der Waals surface area contributed by atoms with Crippen LogP contribution in [0.5, 0.6) is 0 Å². The highest BCUT2D eigenvalue weighted by Crippen LogP contribution is 2.30. The second-order valence-corrected chi connectivity index (χ2v) is 5.42. The van der Waals surface area contributed by atoms with Gasteiger partial charge < -0.3 is 14.8 Å². The van der Waals surface area contributed by atoms with E-state index in [0.717, 1.165) is 10.0 Å². The quantitative estimate of drug-likeness (QED) is 0.740. The van der Waals surface area contributed by atoms with Crippen molar-refractivity contribution in [2.45, 2.75) is 0 Å². The second kappa shape index (κ2) is 8.57. The maximum Gasteiger partial charge on any atom is 0.414 e. The molecule has 0 aliphatic rings. The average molecular weight is 408 g/mol. The molecule has 6 nitrogen and oxygen atoms in total. The van der Waals surface area contributed by atoms with Gasteiger partial charge in [-0.2, -0.15) is 0 Å². The maximum atomic E-state index is 9.10. The highest BCUT2D eigenvalue weighted by molar-refractivity contribution is 9.15. The molecule has 0 atom stereocenters. The summed E-state index contributed by atoms with van der Waals surface area (Å²) in [4.78, 5) is 22.1. The molecule has 0 amide bonds. The lowest BCUT2D eigenvalue weighted by molar-refractivity contribution is -0.159. The van der Waals surface area contributed by atoms with Gasteiger partial charge in [0.1, 0.15) is 0 Å². The Morgan fingerprint density at radius 3 is 2.32 bits per heavy atom. The number of aromatic nitrogens is 2. The van der Waals surface area contributed by atoms with Crippen molar-refractivity contribution in [1.29, 1.82) is 0 Å². The van der Waals surface area contributed by atoms with E-state index in [1.807, 2.05) is 23.0 Å². The molecule has 1 aromatic heterocycles. The molecule has 0 saturated heterocycles. The molecule has 0 fully saturated rings. The first kappa shape index (κ1) is 18.2. The summed E-state index contributed by atoms with van der Waals surface area (Å²) in [5.41, 5.74) is 0.889. The van der Waals surface area contributed by atoms with Crippen LogP contribution in [0.2, 0.25) is 10.0 Å². The molecule has 0 spiro atoms. The molecule has 0 aliphatic heterocycles. The highest BCUT2D eigenvalue weighted by atomic mass is 79.9. The van der Waals surface area contributed by atoms with E-state index in [0.29, 0.717) is 10.0 Å². The molecule has 0 radical (unpaired) electrons. The molecule has 1 heterocycles.